The van der Waals surface area contributed by atoms with Gasteiger partial charge >= 0.3 is 0 Å². The van der Waals surface area contributed by atoms with E-state index in [1.54, 1.807) is 0 Å². The van der Waals surface area contributed by atoms with E-state index in [-0.39, 0.29) is 21.9 Å². The van der Waals surface area contributed by atoms with Gasteiger partial charge in [0.25, 0.3) is 23.6 Å². The van der Waals surface area contributed by atoms with Crippen molar-refractivity contribution in [3.63, 3.8) is 0 Å². The zero-order chi connectivity index (χ0) is 17.5. The fourth-order valence-electron chi connectivity index (χ4n) is 3.21. The third-order valence-corrected chi connectivity index (χ3v) is 4.42. The molecule has 120 valence electrons. The first kappa shape index (κ1) is 14.4. The summed E-state index contributed by atoms with van der Waals surface area (Å²) in [5, 5.41) is -0.381. The molecular weight excluding hydrogens is 322 g/mol. The zero-order valence-electron chi connectivity index (χ0n) is 12.4. The maximum absolute atomic E-state index is 14.5. The number of rotatable bonds is 0. The highest BCUT2D eigenvalue weighted by molar-refractivity contribution is 6.33. The molecule has 2 aliphatic rings. The quantitative estimate of drug-likeness (QED) is 0.687. The average Bonchev–Trinajstić information content (AvgIpc) is 2.54. The monoisotopic (exact) mass is 330 g/mol. The largest absolute Gasteiger partial charge is 0.277 e. The number of hydrogen-bond donors (Lipinski definition) is 0. The zero-order valence-corrected chi connectivity index (χ0v) is 12.4. The predicted molar refractivity (Wildman–Crippen MR) is 76.7 cm³/mol. The van der Waals surface area contributed by atoms with Gasteiger partial charge in [-0.05, 0) is 12.1 Å². The Morgan fingerprint density at radius 3 is 1.46 bits per heavy atom. The van der Waals surface area contributed by atoms with E-state index in [0.717, 1.165) is 24.1 Å². The van der Waals surface area contributed by atoms with Gasteiger partial charge in [-0.25, -0.2) is 8.78 Å². The van der Waals surface area contributed by atoms with Crippen LogP contribution in [0.4, 0.5) is 8.78 Å². The summed E-state index contributed by atoms with van der Waals surface area (Å²) in [6.45, 7) is 0. The minimum absolute atomic E-state index is 0.0642. The summed E-state index contributed by atoms with van der Waals surface area (Å²) in [5.41, 5.74) is -1.40. The number of benzene rings is 2. The van der Waals surface area contributed by atoms with E-state index in [1.165, 1.54) is 7.05 Å². The molecule has 2 heterocycles. The Balaban J connectivity index is 2.33. The van der Waals surface area contributed by atoms with Gasteiger partial charge in [0.2, 0.25) is 0 Å². The number of imide groups is 2. The van der Waals surface area contributed by atoms with E-state index in [9.17, 15) is 28.0 Å². The number of nitrogens with zero attached hydrogens (tertiary/aromatic N) is 2. The van der Waals surface area contributed by atoms with Crippen LogP contribution >= 0.6 is 0 Å². The molecule has 0 saturated heterocycles. The van der Waals surface area contributed by atoms with Crippen molar-refractivity contribution >= 4 is 34.4 Å². The fourth-order valence-corrected chi connectivity index (χ4v) is 3.21. The van der Waals surface area contributed by atoms with Crippen LogP contribution in [0.25, 0.3) is 10.8 Å². The summed E-state index contributed by atoms with van der Waals surface area (Å²) in [5.74, 6) is -5.56. The van der Waals surface area contributed by atoms with Gasteiger partial charge in [0.05, 0.1) is 22.3 Å². The Bertz CT molecular complexity index is 968. The Kier molecular flexibility index (Phi) is 2.54. The fraction of sp³-hybridized carbons (Fsp3) is 0.125. The van der Waals surface area contributed by atoms with Crippen molar-refractivity contribution in [2.75, 3.05) is 14.1 Å². The number of halogens is 2. The second kappa shape index (κ2) is 4.22. The van der Waals surface area contributed by atoms with Crippen molar-refractivity contribution in [3.05, 3.63) is 46.0 Å². The van der Waals surface area contributed by atoms with Crippen LogP contribution in [-0.4, -0.2) is 47.5 Å². The molecule has 2 aromatic carbocycles. The van der Waals surface area contributed by atoms with Gasteiger partial charge in [0, 0.05) is 24.9 Å². The molecule has 4 rings (SSSR count). The number of carbonyl (C=O) groups excluding carboxylic acids is 4. The lowest BCUT2D eigenvalue weighted by molar-refractivity contribution is 0.0624. The summed E-state index contributed by atoms with van der Waals surface area (Å²) >= 11 is 0. The van der Waals surface area contributed by atoms with E-state index in [1.807, 2.05) is 0 Å². The summed E-state index contributed by atoms with van der Waals surface area (Å²) in [7, 11) is 2.29. The molecule has 24 heavy (non-hydrogen) atoms. The molecule has 0 unspecified atom stereocenters. The molecule has 0 radical (unpaired) electrons. The molecule has 0 bridgehead atoms. The lowest BCUT2D eigenvalue weighted by Crippen LogP contribution is -2.41. The molecule has 8 heteroatoms. The minimum atomic E-state index is -1.05. The van der Waals surface area contributed by atoms with Crippen LogP contribution in [0.2, 0.25) is 0 Å². The van der Waals surface area contributed by atoms with Gasteiger partial charge in [-0.15, -0.1) is 0 Å². The molecule has 6 nitrogen and oxygen atoms in total. The summed E-state index contributed by atoms with van der Waals surface area (Å²) in [6.07, 6.45) is 0. The van der Waals surface area contributed by atoms with Gasteiger partial charge in [-0.1, -0.05) is 0 Å². The molecular formula is C16H8F2N2O4. The van der Waals surface area contributed by atoms with Crippen molar-refractivity contribution < 1.29 is 28.0 Å². The van der Waals surface area contributed by atoms with Crippen molar-refractivity contribution in [1.82, 2.24) is 9.80 Å². The molecule has 0 atom stereocenters. The van der Waals surface area contributed by atoms with E-state index in [2.05, 4.69) is 0 Å². The van der Waals surface area contributed by atoms with Crippen molar-refractivity contribution in [1.29, 1.82) is 0 Å². The second-order valence-electron chi connectivity index (χ2n) is 5.65. The lowest BCUT2D eigenvalue weighted by Gasteiger charge is -2.29. The van der Waals surface area contributed by atoms with E-state index < -0.39 is 46.4 Å². The topological polar surface area (TPSA) is 74.8 Å². The van der Waals surface area contributed by atoms with Gasteiger partial charge in [-0.2, -0.15) is 0 Å². The second-order valence-corrected chi connectivity index (χ2v) is 5.65. The summed E-state index contributed by atoms with van der Waals surface area (Å²) in [4.78, 5) is 50.4. The molecule has 0 aromatic heterocycles. The first-order valence-corrected chi connectivity index (χ1v) is 6.89. The Morgan fingerprint density at radius 2 is 1.04 bits per heavy atom. The van der Waals surface area contributed by atoms with Gasteiger partial charge in [0.1, 0.15) is 11.6 Å². The first-order chi connectivity index (χ1) is 11.3. The van der Waals surface area contributed by atoms with Crippen LogP contribution in [-0.2, 0) is 0 Å². The molecule has 0 aliphatic carbocycles. The smallest absolute Gasteiger partial charge is 0.264 e. The maximum Gasteiger partial charge on any atom is 0.264 e. The van der Waals surface area contributed by atoms with Crippen LogP contribution in [0.5, 0.6) is 0 Å². The molecule has 2 aliphatic heterocycles. The SMILES string of the molecule is CN1C(=O)c2cc(F)c3c4c(c(F)cc(c24)C1=O)C(=O)N(C)C3=O. The van der Waals surface area contributed by atoms with Crippen molar-refractivity contribution in [3.8, 4) is 0 Å². The van der Waals surface area contributed by atoms with Crippen LogP contribution in [0, 0.1) is 11.6 Å². The Hall–Kier alpha value is -3.16. The highest BCUT2D eigenvalue weighted by atomic mass is 19.1. The number of carbonyl (C=O) groups is 4. The molecule has 2 aromatic rings. The third kappa shape index (κ3) is 1.43. The van der Waals surface area contributed by atoms with E-state index >= 15 is 0 Å². The standard InChI is InChI=1S/C16H8F2N2O4/c1-19-13(21)5-3-7(17)10-12-9(5)6(14(19)22)4-8(18)11(12)16(24)20(2)15(10)23/h3-4H,1-2H3. The first-order valence-electron chi connectivity index (χ1n) is 6.89. The summed E-state index contributed by atoms with van der Waals surface area (Å²) in [6, 6.07) is 1.69. The van der Waals surface area contributed by atoms with Crippen molar-refractivity contribution in [2.45, 2.75) is 0 Å². The van der Waals surface area contributed by atoms with Crippen LogP contribution in [0.1, 0.15) is 41.4 Å². The average molecular weight is 330 g/mol. The molecule has 0 N–H and O–H groups in total. The van der Waals surface area contributed by atoms with E-state index in [0.29, 0.717) is 4.90 Å². The van der Waals surface area contributed by atoms with Crippen LogP contribution in [0.15, 0.2) is 12.1 Å². The van der Waals surface area contributed by atoms with Gasteiger partial charge in [-0.3, -0.25) is 29.0 Å². The highest BCUT2D eigenvalue weighted by Crippen LogP contribution is 2.39. The van der Waals surface area contributed by atoms with Crippen LogP contribution < -0.4 is 0 Å². The maximum atomic E-state index is 14.5. The Labute approximate surface area is 133 Å². The highest BCUT2D eigenvalue weighted by Gasteiger charge is 2.41. The molecule has 0 spiro atoms. The van der Waals surface area contributed by atoms with Crippen molar-refractivity contribution in [2.24, 2.45) is 0 Å². The van der Waals surface area contributed by atoms with Gasteiger partial charge in [0.15, 0.2) is 0 Å². The number of amides is 4. The minimum Gasteiger partial charge on any atom is -0.277 e. The van der Waals surface area contributed by atoms with E-state index in [4.69, 9.17) is 0 Å². The van der Waals surface area contributed by atoms with Crippen LogP contribution in [0.3, 0.4) is 0 Å². The number of hydrogen-bond acceptors (Lipinski definition) is 4. The predicted octanol–water partition coefficient (Wildman–Crippen LogP) is 1.57. The Morgan fingerprint density at radius 1 is 0.667 bits per heavy atom. The summed E-state index contributed by atoms with van der Waals surface area (Å²) < 4.78 is 29.0. The third-order valence-electron chi connectivity index (χ3n) is 4.42. The lowest BCUT2D eigenvalue weighted by atomic mass is 9.85. The molecule has 0 fully saturated rings. The normalized spacial score (nSPS) is 16.5. The molecule has 4 amide bonds. The van der Waals surface area contributed by atoms with Gasteiger partial charge < -0.3 is 0 Å². The molecule has 0 saturated carbocycles.